The standard InChI is InChI=1S/2C18H17ClFN5O/c2*1-10(18(26)21-17-9-16(22-23-17)11-2-3-11)15-6-7-25(24-15)12-4-5-14(20)13(19)8-12/h2*4-11H,2-3H2,1H3,(H2,21,22,23,26)/t2*10-/m00/s1. The molecule has 0 spiro atoms. The first-order valence-corrected chi connectivity index (χ1v) is 17.5. The topological polar surface area (TPSA) is 151 Å². The smallest absolute Gasteiger partial charge is 0.234 e. The molecule has 12 nitrogen and oxygen atoms in total. The summed E-state index contributed by atoms with van der Waals surface area (Å²) in [6.07, 6.45) is 8.08. The third-order valence-corrected chi connectivity index (χ3v) is 9.54. The third kappa shape index (κ3) is 8.08. The molecule has 2 aromatic carbocycles. The molecule has 0 aliphatic heterocycles. The summed E-state index contributed by atoms with van der Waals surface area (Å²) in [6, 6.07) is 15.9. The van der Waals surface area contributed by atoms with E-state index in [0.717, 1.165) is 37.1 Å². The van der Waals surface area contributed by atoms with Gasteiger partial charge in [-0.15, -0.1) is 0 Å². The van der Waals surface area contributed by atoms with E-state index in [1.165, 1.54) is 24.3 Å². The molecule has 2 aliphatic carbocycles. The van der Waals surface area contributed by atoms with Crippen LogP contribution in [0, 0.1) is 11.6 Å². The number of hydrogen-bond acceptors (Lipinski definition) is 6. The number of hydrogen-bond donors (Lipinski definition) is 4. The summed E-state index contributed by atoms with van der Waals surface area (Å²) in [5.41, 5.74) is 4.56. The summed E-state index contributed by atoms with van der Waals surface area (Å²) in [5, 5.41) is 28.7. The van der Waals surface area contributed by atoms with Gasteiger partial charge in [0.2, 0.25) is 11.8 Å². The van der Waals surface area contributed by atoms with E-state index < -0.39 is 23.5 Å². The number of halogens is 4. The molecule has 2 atom stereocenters. The lowest BCUT2D eigenvalue weighted by molar-refractivity contribution is -0.118. The van der Waals surface area contributed by atoms with Crippen LogP contribution in [0.2, 0.25) is 10.0 Å². The van der Waals surface area contributed by atoms with Gasteiger partial charge < -0.3 is 10.6 Å². The summed E-state index contributed by atoms with van der Waals surface area (Å²) < 4.78 is 29.7. The van der Waals surface area contributed by atoms with Crippen LogP contribution in [0.15, 0.2) is 73.1 Å². The Morgan fingerprint density at radius 3 is 1.46 bits per heavy atom. The van der Waals surface area contributed by atoms with Crippen molar-refractivity contribution in [1.29, 1.82) is 0 Å². The lowest BCUT2D eigenvalue weighted by Gasteiger charge is -2.08. The van der Waals surface area contributed by atoms with Gasteiger partial charge in [0, 0.05) is 47.8 Å². The second kappa shape index (κ2) is 14.7. The van der Waals surface area contributed by atoms with Crippen LogP contribution in [0.4, 0.5) is 20.4 Å². The fraction of sp³-hybridized carbons (Fsp3) is 0.278. The zero-order valence-electron chi connectivity index (χ0n) is 28.1. The Labute approximate surface area is 306 Å². The molecule has 0 unspecified atom stereocenters. The van der Waals surface area contributed by atoms with Crippen molar-refractivity contribution >= 4 is 46.7 Å². The quantitative estimate of drug-likeness (QED) is 0.112. The van der Waals surface area contributed by atoms with E-state index in [9.17, 15) is 18.4 Å². The molecule has 16 heteroatoms. The lowest BCUT2D eigenvalue weighted by atomic mass is 10.1. The Morgan fingerprint density at radius 2 is 1.10 bits per heavy atom. The van der Waals surface area contributed by atoms with Crippen molar-refractivity contribution in [3.05, 3.63) is 118 Å². The summed E-state index contributed by atoms with van der Waals surface area (Å²) in [7, 11) is 0. The fourth-order valence-electron chi connectivity index (χ4n) is 5.43. The average molecular weight is 748 g/mol. The maximum Gasteiger partial charge on any atom is 0.234 e. The molecule has 2 saturated carbocycles. The first-order valence-electron chi connectivity index (χ1n) is 16.8. The van der Waals surface area contributed by atoms with Gasteiger partial charge in [-0.3, -0.25) is 19.8 Å². The number of aromatic amines is 2. The van der Waals surface area contributed by atoms with Gasteiger partial charge >= 0.3 is 0 Å². The highest BCUT2D eigenvalue weighted by Crippen LogP contribution is 2.40. The van der Waals surface area contributed by atoms with Gasteiger partial charge in [-0.2, -0.15) is 20.4 Å². The van der Waals surface area contributed by atoms with E-state index in [-0.39, 0.29) is 21.9 Å². The van der Waals surface area contributed by atoms with E-state index in [2.05, 4.69) is 41.2 Å². The summed E-state index contributed by atoms with van der Waals surface area (Å²) >= 11 is 11.6. The van der Waals surface area contributed by atoms with Gasteiger partial charge in [0.05, 0.1) is 44.6 Å². The molecular weight excluding hydrogens is 713 g/mol. The zero-order valence-corrected chi connectivity index (χ0v) is 29.6. The molecule has 4 N–H and O–H groups in total. The number of anilines is 2. The number of nitrogens with zero attached hydrogens (tertiary/aromatic N) is 6. The summed E-state index contributed by atoms with van der Waals surface area (Å²) in [6.45, 7) is 3.54. The molecular formula is C36H34Cl2F2N10O2. The molecule has 52 heavy (non-hydrogen) atoms. The molecule has 0 radical (unpaired) electrons. The van der Waals surface area contributed by atoms with Gasteiger partial charge in [0.25, 0.3) is 0 Å². The number of aromatic nitrogens is 8. The number of carbonyl (C=O) groups is 2. The molecule has 6 aromatic rings. The van der Waals surface area contributed by atoms with E-state index in [1.807, 2.05) is 12.1 Å². The molecule has 4 heterocycles. The van der Waals surface area contributed by atoms with Crippen molar-refractivity contribution < 1.29 is 18.4 Å². The van der Waals surface area contributed by atoms with E-state index in [4.69, 9.17) is 23.2 Å². The number of nitrogens with one attached hydrogen (secondary N) is 4. The maximum absolute atomic E-state index is 13.3. The number of rotatable bonds is 10. The molecule has 8 rings (SSSR count). The zero-order chi connectivity index (χ0) is 36.5. The van der Waals surface area contributed by atoms with Crippen molar-refractivity contribution in [3.8, 4) is 11.4 Å². The van der Waals surface area contributed by atoms with Gasteiger partial charge in [0.1, 0.15) is 11.6 Å². The van der Waals surface area contributed by atoms with Gasteiger partial charge in [-0.25, -0.2) is 18.1 Å². The van der Waals surface area contributed by atoms with Crippen LogP contribution in [0.1, 0.15) is 86.0 Å². The maximum atomic E-state index is 13.3. The Hall–Kier alpha value is -5.34. The van der Waals surface area contributed by atoms with E-state index >= 15 is 0 Å². The minimum atomic E-state index is -0.486. The fourth-order valence-corrected chi connectivity index (χ4v) is 5.78. The minimum Gasteiger partial charge on any atom is -0.309 e. The SMILES string of the molecule is C[C@H](C(=O)Nc1cc(C2CC2)[nH]n1)c1ccn(-c2ccc(F)c(Cl)c2)n1.C[C@H](C(=O)Nc1cc(C2CC2)[nH]n1)c1ccn(-c2ccc(F)c(Cl)c2)n1. The third-order valence-electron chi connectivity index (χ3n) is 8.96. The molecule has 2 amide bonds. The van der Waals surface area contributed by atoms with Crippen molar-refractivity contribution in [3.63, 3.8) is 0 Å². The monoisotopic (exact) mass is 746 g/mol. The normalized spacial score (nSPS) is 15.0. The van der Waals surface area contributed by atoms with Gasteiger partial charge in [-0.05, 0) is 88.1 Å². The van der Waals surface area contributed by atoms with Crippen molar-refractivity contribution in [1.82, 2.24) is 40.0 Å². The Morgan fingerprint density at radius 1 is 0.692 bits per heavy atom. The van der Waals surface area contributed by atoms with Crippen LogP contribution in [-0.4, -0.2) is 51.8 Å². The number of benzene rings is 2. The highest BCUT2D eigenvalue weighted by atomic mass is 35.5. The molecule has 4 aromatic heterocycles. The second-order valence-electron chi connectivity index (χ2n) is 13.0. The van der Waals surface area contributed by atoms with Crippen LogP contribution in [-0.2, 0) is 9.59 Å². The predicted molar refractivity (Wildman–Crippen MR) is 192 cm³/mol. The van der Waals surface area contributed by atoms with Gasteiger partial charge in [0.15, 0.2) is 11.6 Å². The Bertz CT molecular complexity index is 2080. The summed E-state index contributed by atoms with van der Waals surface area (Å²) in [5.74, 6) is -0.154. The molecule has 0 saturated heterocycles. The number of amides is 2. The number of H-pyrrole nitrogens is 2. The van der Waals surface area contributed by atoms with Crippen molar-refractivity contribution in [2.45, 2.75) is 63.2 Å². The van der Waals surface area contributed by atoms with E-state index in [1.54, 1.807) is 59.9 Å². The van der Waals surface area contributed by atoms with Crippen LogP contribution >= 0.6 is 23.2 Å². The average Bonchev–Trinajstić information content (AvgIpc) is 3.90. The Kier molecular flexibility index (Phi) is 9.93. The molecule has 268 valence electrons. The predicted octanol–water partition coefficient (Wildman–Crippen LogP) is 8.02. The van der Waals surface area contributed by atoms with Crippen LogP contribution in [0.5, 0.6) is 0 Å². The first-order chi connectivity index (χ1) is 25.0. The number of carbonyl (C=O) groups excluding carboxylic acids is 2. The lowest BCUT2D eigenvalue weighted by Crippen LogP contribution is -2.19. The van der Waals surface area contributed by atoms with Crippen LogP contribution in [0.25, 0.3) is 11.4 Å². The molecule has 2 aliphatic rings. The van der Waals surface area contributed by atoms with E-state index in [0.29, 0.717) is 46.2 Å². The van der Waals surface area contributed by atoms with Crippen LogP contribution < -0.4 is 10.6 Å². The Balaban J connectivity index is 0.000000162. The van der Waals surface area contributed by atoms with Crippen molar-refractivity contribution in [2.75, 3.05) is 10.6 Å². The second-order valence-corrected chi connectivity index (χ2v) is 13.8. The molecule has 2 fully saturated rings. The minimum absolute atomic E-state index is 0.0235. The first kappa shape index (κ1) is 35.1. The highest BCUT2D eigenvalue weighted by Gasteiger charge is 2.28. The highest BCUT2D eigenvalue weighted by molar-refractivity contribution is 6.31. The van der Waals surface area contributed by atoms with Crippen molar-refractivity contribution in [2.24, 2.45) is 0 Å². The molecule has 0 bridgehead atoms. The van der Waals surface area contributed by atoms with Crippen LogP contribution in [0.3, 0.4) is 0 Å². The largest absolute Gasteiger partial charge is 0.309 e. The summed E-state index contributed by atoms with van der Waals surface area (Å²) in [4.78, 5) is 24.9. The van der Waals surface area contributed by atoms with Gasteiger partial charge in [-0.1, -0.05) is 23.2 Å².